The second-order valence-corrected chi connectivity index (χ2v) is 10.6. The number of aryl methyl sites for hydroxylation is 1. The SMILES string of the molecule is Cc1ccc(S(=O)(=O)ON(Cc2ccccc2COCc2ccccc2)C(=O)OC(C)(C)C)cc1. The normalized spacial score (nSPS) is 11.8. The van der Waals surface area contributed by atoms with Gasteiger partial charge in [0.1, 0.15) is 5.60 Å². The van der Waals surface area contributed by atoms with Gasteiger partial charge in [-0.2, -0.15) is 13.5 Å². The predicted molar refractivity (Wildman–Crippen MR) is 133 cm³/mol. The van der Waals surface area contributed by atoms with Crippen molar-refractivity contribution >= 4 is 16.2 Å². The van der Waals surface area contributed by atoms with Crippen LogP contribution in [0.1, 0.15) is 43.0 Å². The monoisotopic (exact) mass is 497 g/mol. The van der Waals surface area contributed by atoms with E-state index in [4.69, 9.17) is 13.8 Å². The van der Waals surface area contributed by atoms with Gasteiger partial charge in [0.2, 0.25) is 0 Å². The first kappa shape index (κ1) is 26.4. The van der Waals surface area contributed by atoms with Gasteiger partial charge >= 0.3 is 16.2 Å². The van der Waals surface area contributed by atoms with Crippen molar-refractivity contribution in [2.24, 2.45) is 0 Å². The molecule has 0 aromatic heterocycles. The van der Waals surface area contributed by atoms with Gasteiger partial charge in [0.25, 0.3) is 0 Å². The highest BCUT2D eigenvalue weighted by molar-refractivity contribution is 7.86. The maximum Gasteiger partial charge on any atom is 0.435 e. The van der Waals surface area contributed by atoms with Gasteiger partial charge in [-0.05, 0) is 56.5 Å². The molecular weight excluding hydrogens is 466 g/mol. The second-order valence-electron chi connectivity index (χ2n) is 9.11. The minimum Gasteiger partial charge on any atom is -0.442 e. The van der Waals surface area contributed by atoms with Crippen LogP contribution >= 0.6 is 0 Å². The molecular formula is C27H31NO6S. The summed E-state index contributed by atoms with van der Waals surface area (Å²) in [4.78, 5) is 12.9. The molecule has 1 amide bonds. The predicted octanol–water partition coefficient (Wildman–Crippen LogP) is 5.77. The summed E-state index contributed by atoms with van der Waals surface area (Å²) in [6.45, 7) is 7.49. The topological polar surface area (TPSA) is 82.1 Å². The Labute approximate surface area is 207 Å². The van der Waals surface area contributed by atoms with Crippen LogP contribution in [0.4, 0.5) is 4.79 Å². The van der Waals surface area contributed by atoms with E-state index in [9.17, 15) is 13.2 Å². The maximum absolute atomic E-state index is 12.9. The summed E-state index contributed by atoms with van der Waals surface area (Å²) in [5.41, 5.74) is 2.56. The zero-order valence-electron chi connectivity index (χ0n) is 20.4. The molecule has 3 aromatic carbocycles. The van der Waals surface area contributed by atoms with Crippen molar-refractivity contribution < 1.29 is 27.0 Å². The third kappa shape index (κ3) is 8.20. The lowest BCUT2D eigenvalue weighted by molar-refractivity contribution is -0.0742. The zero-order chi connectivity index (χ0) is 25.5. The van der Waals surface area contributed by atoms with Crippen LogP contribution in [-0.2, 0) is 43.6 Å². The van der Waals surface area contributed by atoms with Crippen LogP contribution in [0.5, 0.6) is 0 Å². The van der Waals surface area contributed by atoms with Crippen LogP contribution in [0, 0.1) is 6.92 Å². The van der Waals surface area contributed by atoms with E-state index in [0.717, 1.165) is 21.8 Å². The highest BCUT2D eigenvalue weighted by atomic mass is 32.2. The highest BCUT2D eigenvalue weighted by Gasteiger charge is 2.29. The summed E-state index contributed by atoms with van der Waals surface area (Å²) < 4.78 is 42.4. The van der Waals surface area contributed by atoms with Crippen molar-refractivity contribution in [3.63, 3.8) is 0 Å². The van der Waals surface area contributed by atoms with Crippen molar-refractivity contribution in [1.82, 2.24) is 5.06 Å². The third-order valence-electron chi connectivity index (χ3n) is 4.90. The molecule has 8 heteroatoms. The molecule has 186 valence electrons. The molecule has 0 atom stereocenters. The van der Waals surface area contributed by atoms with E-state index in [0.29, 0.717) is 12.2 Å². The molecule has 0 saturated carbocycles. The van der Waals surface area contributed by atoms with Gasteiger partial charge in [0.15, 0.2) is 0 Å². The fraction of sp³-hybridized carbons (Fsp3) is 0.296. The molecule has 0 fully saturated rings. The lowest BCUT2D eigenvalue weighted by atomic mass is 10.1. The molecule has 35 heavy (non-hydrogen) atoms. The molecule has 0 spiro atoms. The molecule has 3 rings (SSSR count). The number of amides is 1. The fourth-order valence-electron chi connectivity index (χ4n) is 3.16. The molecule has 0 radical (unpaired) electrons. The number of hydrogen-bond donors (Lipinski definition) is 0. The van der Waals surface area contributed by atoms with E-state index in [1.54, 1.807) is 45.0 Å². The van der Waals surface area contributed by atoms with Gasteiger partial charge in [-0.15, -0.1) is 4.28 Å². The molecule has 0 unspecified atom stereocenters. The van der Waals surface area contributed by atoms with Crippen LogP contribution in [-0.4, -0.2) is 25.2 Å². The van der Waals surface area contributed by atoms with Gasteiger partial charge in [-0.1, -0.05) is 72.3 Å². The number of ether oxygens (including phenoxy) is 2. The lowest BCUT2D eigenvalue weighted by Gasteiger charge is -2.26. The first-order valence-electron chi connectivity index (χ1n) is 11.2. The molecule has 0 aliphatic rings. The van der Waals surface area contributed by atoms with Crippen LogP contribution in [0.3, 0.4) is 0 Å². The Bertz CT molecular complexity index is 1220. The molecule has 0 aliphatic heterocycles. The Kier molecular flexibility index (Phi) is 8.67. The number of benzene rings is 3. The molecule has 7 nitrogen and oxygen atoms in total. The van der Waals surface area contributed by atoms with Crippen LogP contribution in [0.15, 0.2) is 83.8 Å². The van der Waals surface area contributed by atoms with Gasteiger partial charge in [0, 0.05) is 0 Å². The van der Waals surface area contributed by atoms with E-state index in [-0.39, 0.29) is 18.0 Å². The van der Waals surface area contributed by atoms with Crippen molar-refractivity contribution in [2.75, 3.05) is 0 Å². The number of hydroxylamine groups is 2. The largest absolute Gasteiger partial charge is 0.442 e. The Balaban J connectivity index is 1.81. The van der Waals surface area contributed by atoms with Crippen molar-refractivity contribution in [2.45, 2.75) is 58.0 Å². The van der Waals surface area contributed by atoms with Crippen molar-refractivity contribution in [3.8, 4) is 0 Å². The highest BCUT2D eigenvalue weighted by Crippen LogP contribution is 2.21. The first-order chi connectivity index (χ1) is 16.5. The Morgan fingerprint density at radius 1 is 0.829 bits per heavy atom. The van der Waals surface area contributed by atoms with Crippen molar-refractivity contribution in [1.29, 1.82) is 0 Å². The van der Waals surface area contributed by atoms with E-state index in [1.807, 2.05) is 49.4 Å². The molecule has 0 N–H and O–H groups in total. The van der Waals surface area contributed by atoms with Crippen LogP contribution in [0.2, 0.25) is 0 Å². The van der Waals surface area contributed by atoms with Crippen molar-refractivity contribution in [3.05, 3.63) is 101 Å². The molecule has 0 heterocycles. The smallest absolute Gasteiger partial charge is 0.435 e. The van der Waals surface area contributed by atoms with Gasteiger partial charge in [-0.3, -0.25) is 0 Å². The summed E-state index contributed by atoms with van der Waals surface area (Å²) in [7, 11) is -4.27. The molecule has 0 saturated heterocycles. The van der Waals surface area contributed by atoms with E-state index < -0.39 is 21.8 Å². The van der Waals surface area contributed by atoms with Gasteiger partial charge < -0.3 is 9.47 Å². The average molecular weight is 498 g/mol. The number of carbonyl (C=O) groups is 1. The van der Waals surface area contributed by atoms with Crippen LogP contribution in [0.25, 0.3) is 0 Å². The number of carbonyl (C=O) groups excluding carboxylic acids is 1. The molecule has 3 aromatic rings. The van der Waals surface area contributed by atoms with Gasteiger partial charge in [0.05, 0.1) is 24.7 Å². The minimum absolute atomic E-state index is 0.0591. The third-order valence-corrected chi connectivity index (χ3v) is 6.12. The Hall–Kier alpha value is -3.20. The maximum atomic E-state index is 12.9. The summed E-state index contributed by atoms with van der Waals surface area (Å²) in [6, 6.07) is 23.3. The molecule has 0 aliphatic carbocycles. The summed E-state index contributed by atoms with van der Waals surface area (Å²) in [6.07, 6.45) is -0.909. The van der Waals surface area contributed by atoms with E-state index in [1.165, 1.54) is 12.1 Å². The standard InChI is InChI=1S/C27H31NO6S/c1-21-14-16-25(17-15-21)35(30,31)34-28(26(29)33-27(2,3)4)18-23-12-8-9-13-24(23)20-32-19-22-10-6-5-7-11-22/h5-17H,18-20H2,1-4H3. The van der Waals surface area contributed by atoms with E-state index >= 15 is 0 Å². The average Bonchev–Trinajstić information content (AvgIpc) is 2.79. The quantitative estimate of drug-likeness (QED) is 0.349. The number of nitrogens with zero attached hydrogens (tertiary/aromatic N) is 1. The molecule has 0 bridgehead atoms. The summed E-state index contributed by atoms with van der Waals surface area (Å²) in [5, 5.41) is 0.733. The minimum atomic E-state index is -4.27. The second kappa shape index (κ2) is 11.5. The zero-order valence-corrected chi connectivity index (χ0v) is 21.2. The summed E-state index contributed by atoms with van der Waals surface area (Å²) >= 11 is 0. The first-order valence-corrected chi connectivity index (χ1v) is 12.6. The Morgan fingerprint density at radius 2 is 1.43 bits per heavy atom. The summed E-state index contributed by atoms with van der Waals surface area (Å²) in [5.74, 6) is 0. The van der Waals surface area contributed by atoms with E-state index in [2.05, 4.69) is 0 Å². The number of rotatable bonds is 9. The Morgan fingerprint density at radius 3 is 2.06 bits per heavy atom. The lowest BCUT2D eigenvalue weighted by Crippen LogP contribution is -2.38. The number of hydrogen-bond acceptors (Lipinski definition) is 6. The fourth-order valence-corrected chi connectivity index (χ4v) is 4.07. The van der Waals surface area contributed by atoms with Crippen LogP contribution < -0.4 is 0 Å². The van der Waals surface area contributed by atoms with Gasteiger partial charge in [-0.25, -0.2) is 4.79 Å².